The van der Waals surface area contributed by atoms with Crippen LogP contribution in [0.1, 0.15) is 85.5 Å². The molecule has 4 aliphatic carbocycles. The minimum atomic E-state index is -0.941. The van der Waals surface area contributed by atoms with Crippen molar-refractivity contribution in [3.63, 3.8) is 0 Å². The molecule has 3 saturated carbocycles. The molecule has 33 heavy (non-hydrogen) atoms. The van der Waals surface area contributed by atoms with Gasteiger partial charge in [0, 0.05) is 11.8 Å². The number of fused-ring (bicyclic) bond motifs is 5. The molecule has 1 saturated heterocycles. The van der Waals surface area contributed by atoms with Crippen molar-refractivity contribution in [3.8, 4) is 0 Å². The van der Waals surface area contributed by atoms with Gasteiger partial charge in [-0.25, -0.2) is 0 Å². The third-order valence-electron chi connectivity index (χ3n) is 11.0. The topological polar surface area (TPSA) is 99.4 Å². The van der Waals surface area contributed by atoms with Crippen molar-refractivity contribution in [1.29, 1.82) is 0 Å². The minimum absolute atomic E-state index is 0.186. The van der Waals surface area contributed by atoms with E-state index in [1.165, 1.54) is 5.57 Å². The van der Waals surface area contributed by atoms with Gasteiger partial charge in [-0.05, 0) is 88.4 Å². The minimum Gasteiger partial charge on any atom is -0.393 e. The predicted octanol–water partition coefficient (Wildman–Crippen LogP) is 3.30. The summed E-state index contributed by atoms with van der Waals surface area (Å²) in [5, 5.41) is 42.5. The maximum absolute atomic E-state index is 12.1. The van der Waals surface area contributed by atoms with E-state index in [4.69, 9.17) is 9.47 Å². The standard InChI is InChI=1S/C27H44O6/c1-15-24(30)22(29)14-23(32-15)33-16(2)27(31)12-9-21-19-6-5-17-13-18(28)7-10-25(17,3)20(19)8-11-26(21,27)4/h5,15-16,18-24,28-31H,6-14H2,1-4H3/t15-,16?,18-,19?,20?,21?,22+,23-,24-,25?,26-,27-/m0/s1. The summed E-state index contributed by atoms with van der Waals surface area (Å²) in [5.74, 6) is 1.64. The molecule has 0 radical (unpaired) electrons. The molecular weight excluding hydrogens is 420 g/mol. The second-order valence-electron chi connectivity index (χ2n) is 12.4. The molecule has 5 aliphatic rings. The normalized spacial score (nSPS) is 55.2. The summed E-state index contributed by atoms with van der Waals surface area (Å²) in [6, 6.07) is 0. The summed E-state index contributed by atoms with van der Waals surface area (Å²) in [7, 11) is 0. The van der Waals surface area contributed by atoms with E-state index in [-0.39, 0.29) is 23.4 Å². The van der Waals surface area contributed by atoms with E-state index in [1.807, 2.05) is 6.92 Å². The Morgan fingerprint density at radius 2 is 1.79 bits per heavy atom. The number of hydrogen-bond acceptors (Lipinski definition) is 6. The lowest BCUT2D eigenvalue weighted by atomic mass is 9.46. The number of rotatable bonds is 3. The molecule has 6 nitrogen and oxygen atoms in total. The van der Waals surface area contributed by atoms with E-state index >= 15 is 0 Å². The first-order valence-electron chi connectivity index (χ1n) is 13.3. The summed E-state index contributed by atoms with van der Waals surface area (Å²) in [6.07, 6.45) is 6.81. The molecule has 4 N–H and O–H groups in total. The van der Waals surface area contributed by atoms with E-state index < -0.39 is 36.3 Å². The molecule has 4 fully saturated rings. The van der Waals surface area contributed by atoms with E-state index in [0.717, 1.165) is 51.4 Å². The van der Waals surface area contributed by atoms with Crippen LogP contribution in [0.5, 0.6) is 0 Å². The third kappa shape index (κ3) is 3.58. The smallest absolute Gasteiger partial charge is 0.161 e. The molecule has 12 atom stereocenters. The van der Waals surface area contributed by atoms with Crippen LogP contribution in [0.2, 0.25) is 0 Å². The first kappa shape index (κ1) is 24.2. The van der Waals surface area contributed by atoms with Gasteiger partial charge >= 0.3 is 0 Å². The molecular formula is C27H44O6. The zero-order valence-corrected chi connectivity index (χ0v) is 20.7. The van der Waals surface area contributed by atoms with Gasteiger partial charge in [-0.2, -0.15) is 0 Å². The van der Waals surface area contributed by atoms with Crippen molar-refractivity contribution in [1.82, 2.24) is 0 Å². The highest BCUT2D eigenvalue weighted by Crippen LogP contribution is 2.67. The fourth-order valence-electron chi connectivity index (χ4n) is 8.81. The molecule has 0 aromatic carbocycles. The highest BCUT2D eigenvalue weighted by Gasteiger charge is 2.65. The summed E-state index contributed by atoms with van der Waals surface area (Å²) < 4.78 is 12.1. The summed E-state index contributed by atoms with van der Waals surface area (Å²) in [6.45, 7) is 8.40. The molecule has 0 bridgehead atoms. The number of ether oxygens (including phenoxy) is 2. The van der Waals surface area contributed by atoms with Gasteiger partial charge in [0.15, 0.2) is 6.29 Å². The number of hydrogen-bond donors (Lipinski definition) is 4. The first-order valence-corrected chi connectivity index (χ1v) is 13.3. The van der Waals surface area contributed by atoms with Crippen LogP contribution in [0.4, 0.5) is 0 Å². The van der Waals surface area contributed by atoms with Crippen LogP contribution in [0, 0.1) is 28.6 Å². The van der Waals surface area contributed by atoms with Gasteiger partial charge in [-0.15, -0.1) is 0 Å². The Hall–Kier alpha value is -0.500. The fourth-order valence-corrected chi connectivity index (χ4v) is 8.81. The van der Waals surface area contributed by atoms with E-state index in [9.17, 15) is 20.4 Å². The zero-order chi connectivity index (χ0) is 23.8. The van der Waals surface area contributed by atoms with Gasteiger partial charge in [0.25, 0.3) is 0 Å². The second-order valence-corrected chi connectivity index (χ2v) is 12.4. The van der Waals surface area contributed by atoms with Crippen LogP contribution < -0.4 is 0 Å². The lowest BCUT2D eigenvalue weighted by Gasteiger charge is -2.59. The van der Waals surface area contributed by atoms with Crippen LogP contribution in [0.15, 0.2) is 11.6 Å². The number of aliphatic hydroxyl groups excluding tert-OH is 3. The Morgan fingerprint density at radius 3 is 2.52 bits per heavy atom. The first-order chi connectivity index (χ1) is 15.5. The molecule has 0 amide bonds. The Morgan fingerprint density at radius 1 is 1.06 bits per heavy atom. The quantitative estimate of drug-likeness (QED) is 0.479. The molecule has 0 aromatic rings. The Kier molecular flexibility index (Phi) is 6.07. The second kappa shape index (κ2) is 8.28. The summed E-state index contributed by atoms with van der Waals surface area (Å²) in [4.78, 5) is 0. The molecule has 0 aromatic heterocycles. The molecule has 1 heterocycles. The molecule has 0 spiro atoms. The van der Waals surface area contributed by atoms with Gasteiger partial charge in [-0.3, -0.25) is 0 Å². The average Bonchev–Trinajstić information content (AvgIpc) is 3.04. The molecule has 1 aliphatic heterocycles. The summed E-state index contributed by atoms with van der Waals surface area (Å²) in [5.41, 5.74) is 0.501. The van der Waals surface area contributed by atoms with Crippen molar-refractivity contribution >= 4 is 0 Å². The number of allylic oxidation sites excluding steroid dienone is 1. The van der Waals surface area contributed by atoms with Crippen molar-refractivity contribution in [2.75, 3.05) is 0 Å². The van der Waals surface area contributed by atoms with Gasteiger partial charge in [0.05, 0.1) is 30.0 Å². The molecule has 188 valence electrons. The molecule has 5 rings (SSSR count). The highest BCUT2D eigenvalue weighted by atomic mass is 16.7. The Labute approximate surface area is 198 Å². The highest BCUT2D eigenvalue weighted by molar-refractivity contribution is 5.26. The molecule has 5 unspecified atom stereocenters. The van der Waals surface area contributed by atoms with Crippen molar-refractivity contribution in [2.24, 2.45) is 28.6 Å². The lowest BCUT2D eigenvalue weighted by molar-refractivity contribution is -0.288. The molecule has 6 heteroatoms. The van der Waals surface area contributed by atoms with Crippen LogP contribution in [-0.4, -0.2) is 62.8 Å². The van der Waals surface area contributed by atoms with Crippen molar-refractivity contribution in [2.45, 2.75) is 128 Å². The van der Waals surface area contributed by atoms with Crippen LogP contribution in [0.3, 0.4) is 0 Å². The maximum atomic E-state index is 12.1. The van der Waals surface area contributed by atoms with Crippen LogP contribution >= 0.6 is 0 Å². The van der Waals surface area contributed by atoms with Crippen molar-refractivity contribution in [3.05, 3.63) is 11.6 Å². The SMILES string of the molecule is CC(O[C@H]1C[C@@H](O)[C@@H](O)[C@H](C)O1)[C@@]1(O)CCC2C3CC=C4C[C@@H](O)CCC4(C)C3CC[C@@]21C. The largest absolute Gasteiger partial charge is 0.393 e. The van der Waals surface area contributed by atoms with Gasteiger partial charge in [0.1, 0.15) is 6.10 Å². The van der Waals surface area contributed by atoms with Crippen LogP contribution in [0.25, 0.3) is 0 Å². The Balaban J connectivity index is 1.34. The van der Waals surface area contributed by atoms with E-state index in [2.05, 4.69) is 19.9 Å². The fraction of sp³-hybridized carbons (Fsp3) is 0.926. The lowest BCUT2D eigenvalue weighted by Crippen LogP contribution is -2.59. The van der Waals surface area contributed by atoms with E-state index in [0.29, 0.717) is 17.8 Å². The Bertz CT molecular complexity index is 773. The van der Waals surface area contributed by atoms with Gasteiger partial charge in [0.2, 0.25) is 0 Å². The zero-order valence-electron chi connectivity index (χ0n) is 20.7. The van der Waals surface area contributed by atoms with Gasteiger partial charge in [-0.1, -0.05) is 25.5 Å². The summed E-state index contributed by atoms with van der Waals surface area (Å²) >= 11 is 0. The average molecular weight is 465 g/mol. The van der Waals surface area contributed by atoms with Gasteiger partial charge < -0.3 is 29.9 Å². The number of aliphatic hydroxyl groups is 4. The predicted molar refractivity (Wildman–Crippen MR) is 124 cm³/mol. The van der Waals surface area contributed by atoms with E-state index in [1.54, 1.807) is 6.92 Å². The van der Waals surface area contributed by atoms with Crippen molar-refractivity contribution < 1.29 is 29.9 Å². The maximum Gasteiger partial charge on any atom is 0.161 e. The third-order valence-corrected chi connectivity index (χ3v) is 11.0. The monoisotopic (exact) mass is 464 g/mol. The van der Waals surface area contributed by atoms with Crippen LogP contribution in [-0.2, 0) is 9.47 Å².